The second-order valence-corrected chi connectivity index (χ2v) is 8.76. The zero-order chi connectivity index (χ0) is 18.1. The van der Waals surface area contributed by atoms with Gasteiger partial charge >= 0.3 is 0 Å². The van der Waals surface area contributed by atoms with Gasteiger partial charge in [-0.3, -0.25) is 14.2 Å². The third kappa shape index (κ3) is 3.31. The molecule has 1 saturated carbocycles. The highest BCUT2D eigenvalue weighted by Crippen LogP contribution is 2.33. The van der Waals surface area contributed by atoms with Gasteiger partial charge in [-0.2, -0.15) is 0 Å². The number of hydrogen-bond donors (Lipinski definition) is 0. The Labute approximate surface area is 158 Å². The van der Waals surface area contributed by atoms with Crippen molar-refractivity contribution in [2.45, 2.75) is 76.8 Å². The maximum absolute atomic E-state index is 13.0. The Hall–Kier alpha value is -1.69. The Kier molecular flexibility index (Phi) is 5.11. The second kappa shape index (κ2) is 7.51. The topological polar surface area (TPSA) is 55.2 Å². The number of aryl methyl sites for hydroxylation is 3. The number of carbonyl (C=O) groups is 1. The number of amides is 1. The van der Waals surface area contributed by atoms with Crippen molar-refractivity contribution in [2.24, 2.45) is 0 Å². The third-order valence-corrected chi connectivity index (χ3v) is 7.22. The van der Waals surface area contributed by atoms with Crippen LogP contribution < -0.4 is 5.56 Å². The normalized spacial score (nSPS) is 18.0. The summed E-state index contributed by atoms with van der Waals surface area (Å²) in [5.41, 5.74) is 1.25. The van der Waals surface area contributed by atoms with Gasteiger partial charge in [-0.05, 0) is 44.1 Å². The number of carbonyl (C=O) groups excluding carboxylic acids is 1. The molecular weight excluding hydrogens is 346 g/mol. The van der Waals surface area contributed by atoms with E-state index in [-0.39, 0.29) is 11.5 Å². The summed E-state index contributed by atoms with van der Waals surface area (Å²) in [5.74, 6) is 0.135. The fourth-order valence-electron chi connectivity index (χ4n) is 4.40. The Morgan fingerprint density at radius 1 is 1.23 bits per heavy atom. The molecule has 1 fully saturated rings. The molecule has 0 saturated heterocycles. The van der Waals surface area contributed by atoms with E-state index < -0.39 is 0 Å². The summed E-state index contributed by atoms with van der Waals surface area (Å²) in [6.07, 6.45) is 12.3. The van der Waals surface area contributed by atoms with Gasteiger partial charge in [0.05, 0.1) is 11.7 Å². The predicted molar refractivity (Wildman–Crippen MR) is 105 cm³/mol. The molecule has 1 amide bonds. The van der Waals surface area contributed by atoms with Gasteiger partial charge in [0.1, 0.15) is 4.83 Å². The van der Waals surface area contributed by atoms with Crippen molar-refractivity contribution >= 4 is 27.5 Å². The molecule has 4 rings (SSSR count). The number of nitrogens with zero attached hydrogens (tertiary/aromatic N) is 3. The first-order valence-corrected chi connectivity index (χ1v) is 10.7. The van der Waals surface area contributed by atoms with Crippen LogP contribution in [0.3, 0.4) is 0 Å². The van der Waals surface area contributed by atoms with Crippen LogP contribution in [0.4, 0.5) is 0 Å². The molecule has 0 spiro atoms. The van der Waals surface area contributed by atoms with Crippen molar-refractivity contribution in [3.63, 3.8) is 0 Å². The van der Waals surface area contributed by atoms with E-state index in [1.807, 2.05) is 11.9 Å². The van der Waals surface area contributed by atoms with Gasteiger partial charge in [-0.25, -0.2) is 4.98 Å². The van der Waals surface area contributed by atoms with Crippen LogP contribution >= 0.6 is 11.3 Å². The largest absolute Gasteiger partial charge is 0.343 e. The Morgan fingerprint density at radius 2 is 2.00 bits per heavy atom. The molecule has 2 aromatic rings. The monoisotopic (exact) mass is 373 g/mol. The zero-order valence-electron chi connectivity index (χ0n) is 15.5. The number of aromatic nitrogens is 2. The minimum atomic E-state index is 0.0301. The lowest BCUT2D eigenvalue weighted by molar-refractivity contribution is -0.132. The third-order valence-electron chi connectivity index (χ3n) is 6.02. The van der Waals surface area contributed by atoms with Gasteiger partial charge in [-0.15, -0.1) is 11.3 Å². The fraction of sp³-hybridized carbons (Fsp3) is 0.650. The summed E-state index contributed by atoms with van der Waals surface area (Å²) in [4.78, 5) is 34.1. The van der Waals surface area contributed by atoms with E-state index in [1.54, 1.807) is 22.2 Å². The molecule has 0 aromatic carbocycles. The molecule has 0 unspecified atom stereocenters. The summed E-state index contributed by atoms with van der Waals surface area (Å²) in [7, 11) is 1.91. The SMILES string of the molecule is CN(C(=O)CCn1cnc2sc3c(c2c1=O)CCCC3)C1CCCCC1. The smallest absolute Gasteiger partial charge is 0.262 e. The molecule has 2 aliphatic carbocycles. The average Bonchev–Trinajstić information content (AvgIpc) is 3.06. The fourth-order valence-corrected chi connectivity index (χ4v) is 5.62. The standard InChI is InChI=1S/C20H27N3O2S/c1-22(14-7-3-2-4-8-14)17(24)11-12-23-13-21-19-18(20(23)25)15-9-5-6-10-16(15)26-19/h13-14H,2-12H2,1H3. The summed E-state index contributed by atoms with van der Waals surface area (Å²) >= 11 is 1.67. The first-order chi connectivity index (χ1) is 12.6. The first kappa shape index (κ1) is 17.7. The average molecular weight is 374 g/mol. The molecule has 0 atom stereocenters. The van der Waals surface area contributed by atoms with Crippen LogP contribution in [0.2, 0.25) is 0 Å². The van der Waals surface area contributed by atoms with Crippen LogP contribution in [0.25, 0.3) is 10.2 Å². The highest BCUT2D eigenvalue weighted by Gasteiger charge is 2.23. The highest BCUT2D eigenvalue weighted by molar-refractivity contribution is 7.18. The lowest BCUT2D eigenvalue weighted by atomic mass is 9.94. The Morgan fingerprint density at radius 3 is 2.81 bits per heavy atom. The van der Waals surface area contributed by atoms with Gasteiger partial charge in [0, 0.05) is 30.9 Å². The van der Waals surface area contributed by atoms with Crippen molar-refractivity contribution in [3.8, 4) is 0 Å². The lowest BCUT2D eigenvalue weighted by Crippen LogP contribution is -2.39. The van der Waals surface area contributed by atoms with E-state index in [0.29, 0.717) is 19.0 Å². The highest BCUT2D eigenvalue weighted by atomic mass is 32.1. The minimum absolute atomic E-state index is 0.0301. The van der Waals surface area contributed by atoms with E-state index in [1.165, 1.54) is 36.1 Å². The van der Waals surface area contributed by atoms with Crippen LogP contribution in [0, 0.1) is 0 Å². The van der Waals surface area contributed by atoms with E-state index in [2.05, 4.69) is 4.98 Å². The van der Waals surface area contributed by atoms with Gasteiger partial charge < -0.3 is 4.90 Å². The summed E-state index contributed by atoms with van der Waals surface area (Å²) in [6, 6.07) is 0.373. The van der Waals surface area contributed by atoms with Crippen molar-refractivity contribution in [1.82, 2.24) is 14.5 Å². The van der Waals surface area contributed by atoms with E-state index in [4.69, 9.17) is 0 Å². The molecule has 0 radical (unpaired) electrons. The van der Waals surface area contributed by atoms with Crippen LogP contribution in [-0.2, 0) is 24.2 Å². The summed E-state index contributed by atoms with van der Waals surface area (Å²) < 4.78 is 1.64. The molecule has 0 N–H and O–H groups in total. The number of thiophene rings is 1. The van der Waals surface area contributed by atoms with E-state index >= 15 is 0 Å². The molecule has 140 valence electrons. The zero-order valence-corrected chi connectivity index (χ0v) is 16.3. The summed E-state index contributed by atoms with van der Waals surface area (Å²) in [6.45, 7) is 0.419. The molecule has 0 aliphatic heterocycles. The maximum atomic E-state index is 13.0. The van der Waals surface area contributed by atoms with Crippen molar-refractivity contribution in [3.05, 3.63) is 27.1 Å². The van der Waals surface area contributed by atoms with Gasteiger partial charge in [0.25, 0.3) is 5.56 Å². The minimum Gasteiger partial charge on any atom is -0.343 e. The Bertz CT molecular complexity index is 864. The molecule has 6 heteroatoms. The quantitative estimate of drug-likeness (QED) is 0.824. The number of fused-ring (bicyclic) bond motifs is 3. The van der Waals surface area contributed by atoms with Crippen LogP contribution in [0.1, 0.15) is 61.8 Å². The first-order valence-electron chi connectivity index (χ1n) is 9.90. The van der Waals surface area contributed by atoms with Crippen LogP contribution in [0.15, 0.2) is 11.1 Å². The van der Waals surface area contributed by atoms with E-state index in [9.17, 15) is 9.59 Å². The summed E-state index contributed by atoms with van der Waals surface area (Å²) in [5, 5.41) is 0.806. The number of hydrogen-bond acceptors (Lipinski definition) is 4. The predicted octanol–water partition coefficient (Wildman–Crippen LogP) is 3.52. The van der Waals surface area contributed by atoms with Crippen molar-refractivity contribution in [1.29, 1.82) is 0 Å². The molecule has 2 aliphatic rings. The lowest BCUT2D eigenvalue weighted by Gasteiger charge is -2.31. The van der Waals surface area contributed by atoms with E-state index in [0.717, 1.165) is 42.3 Å². The van der Waals surface area contributed by atoms with Crippen LogP contribution in [0.5, 0.6) is 0 Å². The molecule has 5 nitrogen and oxygen atoms in total. The molecular formula is C20H27N3O2S. The Balaban J connectivity index is 1.49. The maximum Gasteiger partial charge on any atom is 0.262 e. The molecule has 0 bridgehead atoms. The second-order valence-electron chi connectivity index (χ2n) is 7.68. The molecule has 26 heavy (non-hydrogen) atoms. The van der Waals surface area contributed by atoms with Crippen molar-refractivity contribution in [2.75, 3.05) is 7.05 Å². The van der Waals surface area contributed by atoms with Crippen LogP contribution in [-0.4, -0.2) is 33.4 Å². The van der Waals surface area contributed by atoms with Gasteiger partial charge in [0.15, 0.2) is 0 Å². The van der Waals surface area contributed by atoms with Gasteiger partial charge in [-0.1, -0.05) is 19.3 Å². The van der Waals surface area contributed by atoms with Crippen molar-refractivity contribution < 1.29 is 4.79 Å². The number of rotatable bonds is 4. The van der Waals surface area contributed by atoms with Gasteiger partial charge in [0.2, 0.25) is 5.91 Å². The molecule has 2 aromatic heterocycles. The molecule has 2 heterocycles.